The Kier molecular flexibility index (Phi) is 10.1. The first-order valence-corrected chi connectivity index (χ1v) is 13.6. The van der Waals surface area contributed by atoms with Crippen LogP contribution in [0.4, 0.5) is 31.8 Å². The van der Waals surface area contributed by atoms with E-state index in [4.69, 9.17) is 14.2 Å². The predicted octanol–water partition coefficient (Wildman–Crippen LogP) is 6.25. The van der Waals surface area contributed by atoms with Crippen LogP contribution in [0.15, 0.2) is 60.7 Å². The van der Waals surface area contributed by atoms with E-state index in [1.165, 1.54) is 25.1 Å². The zero-order valence-electron chi connectivity index (χ0n) is 26.0. The molecule has 1 aromatic heterocycles. The number of carboxylic acid groups (broad SMARTS) is 1. The number of hydrogen-bond acceptors (Lipinski definition) is 9. The first kappa shape index (κ1) is 33.3. The Labute approximate surface area is 256 Å². The van der Waals surface area contributed by atoms with E-state index < -0.39 is 35.4 Å². The highest BCUT2D eigenvalue weighted by molar-refractivity contribution is 6.07. The minimum Gasteiger partial charge on any atom is -0.497 e. The third-order valence-corrected chi connectivity index (χ3v) is 5.60. The average Bonchev–Trinajstić information content (AvgIpc) is 2.91. The van der Waals surface area contributed by atoms with Gasteiger partial charge in [0.1, 0.15) is 22.8 Å². The van der Waals surface area contributed by atoms with Crippen molar-refractivity contribution in [1.29, 1.82) is 0 Å². The Balaban J connectivity index is 2.23. The van der Waals surface area contributed by atoms with Crippen LogP contribution in [0, 0.1) is 0 Å². The van der Waals surface area contributed by atoms with Gasteiger partial charge >= 0.3 is 18.3 Å². The summed E-state index contributed by atoms with van der Waals surface area (Å²) in [5.74, 6) is -0.662. The molecule has 0 unspecified atom stereocenters. The minimum atomic E-state index is -1.72. The predicted molar refractivity (Wildman–Crippen MR) is 162 cm³/mol. The van der Waals surface area contributed by atoms with Crippen molar-refractivity contribution in [3.63, 3.8) is 0 Å². The van der Waals surface area contributed by atoms with Crippen molar-refractivity contribution >= 4 is 41.6 Å². The number of hydrogen-bond donors (Lipinski definition) is 1. The summed E-state index contributed by atoms with van der Waals surface area (Å²) in [7, 11) is 3.00. The maximum absolute atomic E-state index is 13.6. The lowest BCUT2D eigenvalue weighted by Gasteiger charge is -2.28. The summed E-state index contributed by atoms with van der Waals surface area (Å²) >= 11 is 0. The number of amides is 4. The quantitative estimate of drug-likeness (QED) is 0.326. The molecular weight excluding hydrogens is 570 g/mol. The summed E-state index contributed by atoms with van der Waals surface area (Å²) in [5, 5.41) is 10.0. The van der Waals surface area contributed by atoms with Crippen LogP contribution in [0.3, 0.4) is 0 Å². The fourth-order valence-corrected chi connectivity index (χ4v) is 3.82. The monoisotopic (exact) mass is 607 g/mol. The first-order valence-electron chi connectivity index (χ1n) is 13.6. The van der Waals surface area contributed by atoms with Crippen LogP contribution in [0.1, 0.15) is 57.6 Å². The van der Waals surface area contributed by atoms with Crippen molar-refractivity contribution in [1.82, 2.24) is 14.9 Å². The highest BCUT2D eigenvalue weighted by atomic mass is 16.6. The maximum atomic E-state index is 13.6. The number of rotatable bonds is 7. The Morgan fingerprint density at radius 1 is 0.818 bits per heavy atom. The second-order valence-corrected chi connectivity index (χ2v) is 11.7. The molecule has 0 saturated heterocycles. The molecule has 0 aliphatic carbocycles. The first-order chi connectivity index (χ1) is 20.5. The van der Waals surface area contributed by atoms with E-state index >= 15 is 0 Å². The van der Waals surface area contributed by atoms with Gasteiger partial charge in [0, 0.05) is 24.7 Å². The van der Waals surface area contributed by atoms with Gasteiger partial charge in [-0.1, -0.05) is 24.3 Å². The molecule has 2 aromatic carbocycles. The lowest BCUT2D eigenvalue weighted by atomic mass is 10.2. The van der Waals surface area contributed by atoms with Gasteiger partial charge in [0.05, 0.1) is 25.0 Å². The molecule has 0 fully saturated rings. The number of ether oxygens (including phenoxy) is 3. The molecule has 0 radical (unpaired) electrons. The van der Waals surface area contributed by atoms with Crippen molar-refractivity contribution in [3.05, 3.63) is 71.9 Å². The van der Waals surface area contributed by atoms with E-state index in [9.17, 15) is 24.3 Å². The van der Waals surface area contributed by atoms with E-state index in [1.54, 1.807) is 96.1 Å². The number of benzene rings is 2. The highest BCUT2D eigenvalue weighted by Crippen LogP contribution is 2.31. The lowest BCUT2D eigenvalue weighted by molar-refractivity contribution is 0.0575. The molecule has 3 rings (SSSR count). The summed E-state index contributed by atoms with van der Waals surface area (Å²) in [6.07, 6.45) is -3.83. The van der Waals surface area contributed by atoms with Gasteiger partial charge in [0.25, 0.3) is 5.91 Å². The summed E-state index contributed by atoms with van der Waals surface area (Å²) in [5.41, 5.74) is -1.17. The number of carbonyl (C=O) groups is 4. The van der Waals surface area contributed by atoms with Gasteiger partial charge in [-0.3, -0.25) is 4.79 Å². The number of aromatic nitrogens is 2. The number of methoxy groups -OCH3 is 1. The largest absolute Gasteiger partial charge is 0.497 e. The Morgan fingerprint density at radius 2 is 1.43 bits per heavy atom. The summed E-state index contributed by atoms with van der Waals surface area (Å²) in [6.45, 7) is 9.64. The molecule has 0 saturated carbocycles. The molecular formula is C31H37N5O8. The van der Waals surface area contributed by atoms with Gasteiger partial charge in [-0.15, -0.1) is 4.90 Å². The second kappa shape index (κ2) is 13.4. The van der Waals surface area contributed by atoms with E-state index in [-0.39, 0.29) is 34.6 Å². The molecule has 0 spiro atoms. The zero-order valence-corrected chi connectivity index (χ0v) is 26.0. The van der Waals surface area contributed by atoms with Crippen LogP contribution in [0.2, 0.25) is 0 Å². The fourth-order valence-electron chi connectivity index (χ4n) is 3.82. The van der Waals surface area contributed by atoms with Crippen LogP contribution >= 0.6 is 0 Å². The molecule has 44 heavy (non-hydrogen) atoms. The van der Waals surface area contributed by atoms with Gasteiger partial charge in [-0.25, -0.2) is 24.3 Å². The average molecular weight is 608 g/mol. The van der Waals surface area contributed by atoms with Crippen molar-refractivity contribution in [2.75, 3.05) is 24.0 Å². The van der Waals surface area contributed by atoms with Crippen molar-refractivity contribution in [2.45, 2.75) is 59.3 Å². The Morgan fingerprint density at radius 3 is 2.00 bits per heavy atom. The second-order valence-electron chi connectivity index (χ2n) is 11.7. The van der Waals surface area contributed by atoms with Crippen LogP contribution in [0.25, 0.3) is 0 Å². The maximum Gasteiger partial charge on any atom is 0.427 e. The molecule has 0 aliphatic rings. The molecule has 0 bridgehead atoms. The molecule has 4 amide bonds. The molecule has 0 atom stereocenters. The Bertz CT molecular complexity index is 1520. The van der Waals surface area contributed by atoms with Gasteiger partial charge in [-0.2, -0.15) is 4.98 Å². The molecule has 234 valence electrons. The molecule has 3 aromatic rings. The molecule has 0 aliphatic heterocycles. The Hall–Kier alpha value is -5.20. The highest BCUT2D eigenvalue weighted by Gasteiger charge is 2.34. The molecule has 13 nitrogen and oxygen atoms in total. The van der Waals surface area contributed by atoms with E-state index in [1.807, 2.05) is 0 Å². The van der Waals surface area contributed by atoms with E-state index in [2.05, 4.69) is 9.97 Å². The minimum absolute atomic E-state index is 0.114. The van der Waals surface area contributed by atoms with Gasteiger partial charge in [0.15, 0.2) is 0 Å². The smallest absolute Gasteiger partial charge is 0.427 e. The third-order valence-electron chi connectivity index (χ3n) is 5.60. The number of carbonyl (C=O) groups excluding carboxylic acids is 3. The van der Waals surface area contributed by atoms with Crippen LogP contribution < -0.4 is 14.5 Å². The number of nitrogens with zero attached hydrogens (tertiary/aromatic N) is 5. The molecule has 13 heteroatoms. The SMILES string of the molecule is COc1cccc(N(C(=O)OC(C)(C)C)c2cc(CN(C)C(=O)c3ccccc3)nc(N(C(=O)O)C(=O)OC(C)(C)C)n2)c1. The van der Waals surface area contributed by atoms with Crippen LogP contribution in [-0.2, 0) is 16.0 Å². The summed E-state index contributed by atoms with van der Waals surface area (Å²) in [4.78, 5) is 63.5. The van der Waals surface area contributed by atoms with Crippen molar-refractivity contribution < 1.29 is 38.5 Å². The van der Waals surface area contributed by atoms with E-state index in [0.717, 1.165) is 4.90 Å². The third kappa shape index (κ3) is 8.90. The summed E-state index contributed by atoms with van der Waals surface area (Å²) in [6, 6.07) is 16.4. The molecule has 1 heterocycles. The summed E-state index contributed by atoms with van der Waals surface area (Å²) < 4.78 is 16.3. The van der Waals surface area contributed by atoms with Crippen LogP contribution in [0.5, 0.6) is 5.75 Å². The van der Waals surface area contributed by atoms with Gasteiger partial charge in [0.2, 0.25) is 5.95 Å². The van der Waals surface area contributed by atoms with Gasteiger partial charge < -0.3 is 24.2 Å². The molecule has 1 N–H and O–H groups in total. The zero-order chi connectivity index (χ0) is 32.8. The normalized spacial score (nSPS) is 11.3. The number of imide groups is 1. The van der Waals surface area contributed by atoms with Crippen molar-refractivity contribution in [3.8, 4) is 5.75 Å². The topological polar surface area (TPSA) is 152 Å². The van der Waals surface area contributed by atoms with Crippen molar-refractivity contribution in [2.24, 2.45) is 0 Å². The number of anilines is 3. The lowest BCUT2D eigenvalue weighted by Crippen LogP contribution is -2.42. The standard InChI is InChI=1S/C31H37N5O8/c1-30(2,3)43-28(40)35(22-15-12-16-23(18-22)42-8)24-17-21(19-34(7)25(37)20-13-10-9-11-14-20)32-26(33-24)36(27(38)39)29(41)44-31(4,5)6/h9-18H,19H2,1-8H3,(H,38,39). The van der Waals surface area contributed by atoms with Crippen LogP contribution in [-0.4, -0.2) is 69.5 Å². The fraction of sp³-hybridized carbons (Fsp3) is 0.355. The van der Waals surface area contributed by atoms with E-state index in [0.29, 0.717) is 11.3 Å². The van der Waals surface area contributed by atoms with Gasteiger partial charge in [-0.05, 0) is 65.8 Å².